The molecule has 1 aliphatic rings. The first-order chi connectivity index (χ1) is 11.4. The molecule has 1 aromatic carbocycles. The summed E-state index contributed by atoms with van der Waals surface area (Å²) in [7, 11) is 0. The van der Waals surface area contributed by atoms with Gasteiger partial charge in [0.1, 0.15) is 11.3 Å². The van der Waals surface area contributed by atoms with Crippen LogP contribution in [-0.2, 0) is 6.54 Å². The second kappa shape index (κ2) is 4.64. The minimum absolute atomic E-state index is 0.688. The monoisotopic (exact) mass is 299 g/mol. The van der Waals surface area contributed by atoms with Crippen molar-refractivity contribution >= 4 is 27.9 Å². The standard InChI is InChI=1S/C18H13N5/c1-2-13-11-21-17(16(13)19-6-1)22-14-3-4-15-12(10-14)5-8-23-9-7-20-18(15)23/h1-10H,11H2,(H,21,22). The van der Waals surface area contributed by atoms with E-state index in [9.17, 15) is 0 Å². The highest BCUT2D eigenvalue weighted by atomic mass is 15.0. The molecular weight excluding hydrogens is 286 g/mol. The maximum Gasteiger partial charge on any atom is 0.152 e. The highest BCUT2D eigenvalue weighted by molar-refractivity contribution is 6.10. The summed E-state index contributed by atoms with van der Waals surface area (Å²) in [4.78, 5) is 13.4. The van der Waals surface area contributed by atoms with Crippen LogP contribution in [0.15, 0.2) is 66.2 Å². The zero-order valence-corrected chi connectivity index (χ0v) is 12.3. The van der Waals surface area contributed by atoms with E-state index in [1.165, 1.54) is 0 Å². The molecule has 0 aliphatic carbocycles. The molecule has 0 spiro atoms. The van der Waals surface area contributed by atoms with Crippen molar-refractivity contribution in [2.75, 3.05) is 5.32 Å². The predicted molar refractivity (Wildman–Crippen MR) is 90.8 cm³/mol. The number of aliphatic imine (C=N–C) groups is 1. The van der Waals surface area contributed by atoms with Gasteiger partial charge >= 0.3 is 0 Å². The fraction of sp³-hybridized carbons (Fsp3) is 0.0556. The van der Waals surface area contributed by atoms with E-state index in [0.29, 0.717) is 6.54 Å². The summed E-state index contributed by atoms with van der Waals surface area (Å²) in [5.74, 6) is 0.835. The predicted octanol–water partition coefficient (Wildman–Crippen LogP) is 3.25. The molecule has 4 heterocycles. The summed E-state index contributed by atoms with van der Waals surface area (Å²) in [6.07, 6.45) is 7.60. The summed E-state index contributed by atoms with van der Waals surface area (Å²) in [5, 5.41) is 5.67. The molecule has 0 amide bonds. The van der Waals surface area contributed by atoms with Gasteiger partial charge in [0, 0.05) is 41.4 Å². The lowest BCUT2D eigenvalue weighted by molar-refractivity contribution is 1.09. The van der Waals surface area contributed by atoms with Gasteiger partial charge in [-0.1, -0.05) is 6.07 Å². The van der Waals surface area contributed by atoms with Crippen LogP contribution < -0.4 is 5.32 Å². The van der Waals surface area contributed by atoms with Crippen LogP contribution >= 0.6 is 0 Å². The van der Waals surface area contributed by atoms with Crippen LogP contribution in [0.5, 0.6) is 0 Å². The number of fused-ring (bicyclic) bond motifs is 4. The molecule has 0 atom stereocenters. The molecule has 0 radical (unpaired) electrons. The third-order valence-electron chi connectivity index (χ3n) is 4.16. The highest BCUT2D eigenvalue weighted by Crippen LogP contribution is 2.24. The number of imidazole rings is 1. The molecule has 4 aromatic rings. The quantitative estimate of drug-likeness (QED) is 0.587. The number of benzene rings is 1. The largest absolute Gasteiger partial charge is 0.339 e. The van der Waals surface area contributed by atoms with Crippen molar-refractivity contribution in [2.45, 2.75) is 6.54 Å². The van der Waals surface area contributed by atoms with Crippen LogP contribution in [0.4, 0.5) is 5.69 Å². The van der Waals surface area contributed by atoms with Gasteiger partial charge in [-0.15, -0.1) is 0 Å². The molecule has 0 saturated carbocycles. The number of hydrogen-bond donors (Lipinski definition) is 1. The minimum atomic E-state index is 0.688. The zero-order chi connectivity index (χ0) is 15.2. The molecule has 5 nitrogen and oxygen atoms in total. The van der Waals surface area contributed by atoms with Crippen LogP contribution in [0.25, 0.3) is 16.4 Å². The number of nitrogens with zero attached hydrogens (tertiary/aromatic N) is 4. The van der Waals surface area contributed by atoms with E-state index in [1.807, 2.05) is 29.1 Å². The van der Waals surface area contributed by atoms with Crippen LogP contribution in [0.2, 0.25) is 0 Å². The van der Waals surface area contributed by atoms with Crippen molar-refractivity contribution < 1.29 is 0 Å². The number of rotatable bonds is 1. The number of hydrogen-bond acceptors (Lipinski definition) is 4. The van der Waals surface area contributed by atoms with Gasteiger partial charge in [0.2, 0.25) is 0 Å². The highest BCUT2D eigenvalue weighted by Gasteiger charge is 2.16. The van der Waals surface area contributed by atoms with Gasteiger partial charge < -0.3 is 9.72 Å². The normalized spacial score (nSPS) is 13.3. The van der Waals surface area contributed by atoms with Gasteiger partial charge in [-0.25, -0.2) is 4.98 Å². The van der Waals surface area contributed by atoms with Crippen molar-refractivity contribution in [1.29, 1.82) is 0 Å². The minimum Gasteiger partial charge on any atom is -0.339 e. The number of anilines is 1. The lowest BCUT2D eigenvalue weighted by Crippen LogP contribution is -2.13. The Morgan fingerprint density at radius 3 is 3.00 bits per heavy atom. The average Bonchev–Trinajstić information content (AvgIpc) is 3.22. The first-order valence-electron chi connectivity index (χ1n) is 7.50. The summed E-state index contributed by atoms with van der Waals surface area (Å²) in [6, 6.07) is 12.4. The average molecular weight is 299 g/mol. The van der Waals surface area contributed by atoms with Gasteiger partial charge in [-0.2, -0.15) is 0 Å². The molecule has 110 valence electrons. The van der Waals surface area contributed by atoms with Gasteiger partial charge in [-0.05, 0) is 35.7 Å². The van der Waals surface area contributed by atoms with Crippen molar-refractivity contribution in [3.8, 4) is 0 Å². The maximum atomic E-state index is 4.55. The van der Waals surface area contributed by atoms with Crippen molar-refractivity contribution in [2.24, 2.45) is 4.99 Å². The molecule has 0 fully saturated rings. The molecule has 0 unspecified atom stereocenters. The number of amidine groups is 1. The second-order valence-electron chi connectivity index (χ2n) is 5.58. The number of nitrogens with one attached hydrogen (secondary N) is 1. The van der Waals surface area contributed by atoms with E-state index in [0.717, 1.165) is 39.2 Å². The Hall–Kier alpha value is -3.21. The smallest absolute Gasteiger partial charge is 0.152 e. The number of aromatic nitrogens is 3. The van der Waals surface area contributed by atoms with Crippen LogP contribution in [0, 0.1) is 0 Å². The van der Waals surface area contributed by atoms with Crippen LogP contribution in [0.1, 0.15) is 11.3 Å². The van der Waals surface area contributed by atoms with Gasteiger partial charge in [0.25, 0.3) is 0 Å². The van der Waals surface area contributed by atoms with Crippen molar-refractivity contribution in [3.63, 3.8) is 0 Å². The van der Waals surface area contributed by atoms with Gasteiger partial charge in [0.05, 0.1) is 6.54 Å². The van der Waals surface area contributed by atoms with E-state index in [-0.39, 0.29) is 0 Å². The lowest BCUT2D eigenvalue weighted by Gasteiger charge is -2.08. The fourth-order valence-electron chi connectivity index (χ4n) is 3.04. The van der Waals surface area contributed by atoms with Gasteiger partial charge in [0.15, 0.2) is 5.84 Å². The fourth-order valence-corrected chi connectivity index (χ4v) is 3.04. The molecule has 5 heteroatoms. The van der Waals surface area contributed by atoms with Crippen LogP contribution in [-0.4, -0.2) is 20.2 Å². The summed E-state index contributed by atoms with van der Waals surface area (Å²) < 4.78 is 2.02. The van der Waals surface area contributed by atoms with Crippen molar-refractivity contribution in [1.82, 2.24) is 14.4 Å². The van der Waals surface area contributed by atoms with E-state index >= 15 is 0 Å². The Bertz CT molecular complexity index is 1080. The third-order valence-corrected chi connectivity index (χ3v) is 4.16. The SMILES string of the molecule is c1cnc2c(c1)CN=C2Nc1ccc2c(ccn3ccnc23)c1. The molecule has 1 aliphatic heterocycles. The lowest BCUT2D eigenvalue weighted by atomic mass is 10.1. The summed E-state index contributed by atoms with van der Waals surface area (Å²) >= 11 is 0. The topological polar surface area (TPSA) is 54.6 Å². The molecule has 3 aromatic heterocycles. The first kappa shape index (κ1) is 12.3. The van der Waals surface area contributed by atoms with Gasteiger partial charge in [-0.3, -0.25) is 9.98 Å². The van der Waals surface area contributed by atoms with E-state index in [2.05, 4.69) is 50.6 Å². The second-order valence-corrected chi connectivity index (χ2v) is 5.58. The zero-order valence-electron chi connectivity index (χ0n) is 12.3. The molecule has 1 N–H and O–H groups in total. The summed E-state index contributed by atoms with van der Waals surface area (Å²) in [6.45, 7) is 0.688. The molecule has 0 bridgehead atoms. The van der Waals surface area contributed by atoms with Crippen molar-refractivity contribution in [3.05, 3.63) is 72.4 Å². The Morgan fingerprint density at radius 2 is 2.00 bits per heavy atom. The maximum absolute atomic E-state index is 4.55. The Morgan fingerprint density at radius 1 is 1.00 bits per heavy atom. The molecule has 0 saturated heterocycles. The van der Waals surface area contributed by atoms with E-state index in [4.69, 9.17) is 0 Å². The Labute approximate surface area is 132 Å². The Kier molecular flexibility index (Phi) is 2.49. The van der Waals surface area contributed by atoms with Crippen LogP contribution in [0.3, 0.4) is 0 Å². The number of pyridine rings is 2. The first-order valence-corrected chi connectivity index (χ1v) is 7.50. The third kappa shape index (κ3) is 1.90. The summed E-state index contributed by atoms with van der Waals surface area (Å²) in [5.41, 5.74) is 4.08. The van der Waals surface area contributed by atoms with E-state index < -0.39 is 0 Å². The Balaban J connectivity index is 1.55. The molecule has 5 rings (SSSR count). The molecule has 23 heavy (non-hydrogen) atoms. The molecular formula is C18H13N5. The van der Waals surface area contributed by atoms with E-state index in [1.54, 1.807) is 6.20 Å².